The first-order chi connectivity index (χ1) is 9.61. The first-order valence-corrected chi connectivity index (χ1v) is 6.24. The van der Waals surface area contributed by atoms with Gasteiger partial charge >= 0.3 is 5.97 Å². The van der Waals surface area contributed by atoms with Crippen molar-refractivity contribution in [1.29, 1.82) is 5.26 Å². The SMILES string of the molecule is N#Cc1c(Cl)cccc1NCc1cccc(C(=O)O)c1. The summed E-state index contributed by atoms with van der Waals surface area (Å²) in [6.45, 7) is 0.413. The number of carbonyl (C=O) groups is 1. The van der Waals surface area contributed by atoms with Crippen molar-refractivity contribution in [2.24, 2.45) is 0 Å². The molecule has 0 atom stereocenters. The number of nitriles is 1. The van der Waals surface area contributed by atoms with Crippen LogP contribution in [-0.2, 0) is 6.54 Å². The Labute approximate surface area is 121 Å². The molecule has 0 saturated heterocycles. The van der Waals surface area contributed by atoms with Crippen LogP contribution in [0.3, 0.4) is 0 Å². The Morgan fingerprint density at radius 2 is 2.05 bits per heavy atom. The molecule has 100 valence electrons. The van der Waals surface area contributed by atoms with Crippen LogP contribution in [0.15, 0.2) is 42.5 Å². The maximum atomic E-state index is 10.9. The maximum absolute atomic E-state index is 10.9. The van der Waals surface area contributed by atoms with Gasteiger partial charge in [0, 0.05) is 6.54 Å². The van der Waals surface area contributed by atoms with E-state index < -0.39 is 5.97 Å². The van der Waals surface area contributed by atoms with Gasteiger partial charge in [0.2, 0.25) is 0 Å². The highest BCUT2D eigenvalue weighted by Gasteiger charge is 2.07. The molecule has 0 heterocycles. The summed E-state index contributed by atoms with van der Waals surface area (Å²) in [5.74, 6) is -0.965. The highest BCUT2D eigenvalue weighted by Crippen LogP contribution is 2.23. The van der Waals surface area contributed by atoms with Gasteiger partial charge < -0.3 is 10.4 Å². The summed E-state index contributed by atoms with van der Waals surface area (Å²) in [5.41, 5.74) is 2.05. The van der Waals surface area contributed by atoms with Crippen molar-refractivity contribution >= 4 is 23.3 Å². The van der Waals surface area contributed by atoms with E-state index in [0.29, 0.717) is 22.8 Å². The highest BCUT2D eigenvalue weighted by molar-refractivity contribution is 6.32. The monoisotopic (exact) mass is 286 g/mol. The second-order valence-corrected chi connectivity index (χ2v) is 4.54. The molecule has 0 aliphatic carbocycles. The summed E-state index contributed by atoms with van der Waals surface area (Å²) in [6, 6.07) is 13.8. The van der Waals surface area contributed by atoms with Crippen LogP contribution in [-0.4, -0.2) is 11.1 Å². The molecule has 0 amide bonds. The minimum absolute atomic E-state index is 0.232. The highest BCUT2D eigenvalue weighted by atomic mass is 35.5. The lowest BCUT2D eigenvalue weighted by atomic mass is 10.1. The lowest BCUT2D eigenvalue weighted by Gasteiger charge is -2.09. The molecule has 4 nitrogen and oxygen atoms in total. The largest absolute Gasteiger partial charge is 0.478 e. The number of rotatable bonds is 4. The van der Waals surface area contributed by atoms with E-state index in [-0.39, 0.29) is 5.56 Å². The van der Waals surface area contributed by atoms with E-state index >= 15 is 0 Å². The first-order valence-electron chi connectivity index (χ1n) is 5.86. The van der Waals surface area contributed by atoms with Crippen LogP contribution < -0.4 is 5.32 Å². The standard InChI is InChI=1S/C15H11ClN2O2/c16-13-5-2-6-14(12(13)8-17)18-9-10-3-1-4-11(7-10)15(19)20/h1-7,18H,9H2,(H,19,20). The predicted molar refractivity (Wildman–Crippen MR) is 76.9 cm³/mol. The molecule has 0 aliphatic heterocycles. The summed E-state index contributed by atoms with van der Waals surface area (Å²) in [4.78, 5) is 10.9. The summed E-state index contributed by atoms with van der Waals surface area (Å²) in [6.07, 6.45) is 0. The van der Waals surface area contributed by atoms with Crippen LogP contribution in [0.25, 0.3) is 0 Å². The molecule has 0 aromatic heterocycles. The van der Waals surface area contributed by atoms with Crippen molar-refractivity contribution in [3.05, 3.63) is 64.2 Å². The fraction of sp³-hybridized carbons (Fsp3) is 0.0667. The van der Waals surface area contributed by atoms with Crippen molar-refractivity contribution in [2.75, 3.05) is 5.32 Å². The van der Waals surface area contributed by atoms with Gasteiger partial charge in [-0.15, -0.1) is 0 Å². The van der Waals surface area contributed by atoms with Gasteiger partial charge in [0.15, 0.2) is 0 Å². The molecule has 0 bridgehead atoms. The molecule has 5 heteroatoms. The normalized spacial score (nSPS) is 9.80. The fourth-order valence-electron chi connectivity index (χ4n) is 1.80. The van der Waals surface area contributed by atoms with Crippen LogP contribution in [0.1, 0.15) is 21.5 Å². The van der Waals surface area contributed by atoms with E-state index in [2.05, 4.69) is 5.32 Å². The van der Waals surface area contributed by atoms with Crippen molar-refractivity contribution in [3.63, 3.8) is 0 Å². The van der Waals surface area contributed by atoms with Gasteiger partial charge in [0.1, 0.15) is 6.07 Å². The molecule has 2 N–H and O–H groups in total. The Kier molecular flexibility index (Phi) is 4.24. The summed E-state index contributed by atoms with van der Waals surface area (Å²) in [7, 11) is 0. The van der Waals surface area contributed by atoms with Crippen LogP contribution >= 0.6 is 11.6 Å². The molecule has 0 spiro atoms. The van der Waals surface area contributed by atoms with Gasteiger partial charge in [-0.25, -0.2) is 4.79 Å². The third-order valence-corrected chi connectivity index (χ3v) is 3.10. The van der Waals surface area contributed by atoms with Gasteiger partial charge in [-0.2, -0.15) is 5.26 Å². The topological polar surface area (TPSA) is 73.1 Å². The van der Waals surface area contributed by atoms with Gasteiger partial charge in [-0.05, 0) is 29.8 Å². The van der Waals surface area contributed by atoms with E-state index in [1.54, 1.807) is 30.3 Å². The minimum atomic E-state index is -0.965. The Balaban J connectivity index is 2.17. The molecule has 2 rings (SSSR count). The second kappa shape index (κ2) is 6.09. The molecule has 0 fully saturated rings. The summed E-state index contributed by atoms with van der Waals surface area (Å²) in [5, 5.41) is 21.5. The Bertz CT molecular complexity index is 693. The van der Waals surface area contributed by atoms with Crippen molar-refractivity contribution in [3.8, 4) is 6.07 Å². The Morgan fingerprint density at radius 1 is 1.30 bits per heavy atom. The molecule has 20 heavy (non-hydrogen) atoms. The zero-order valence-corrected chi connectivity index (χ0v) is 11.2. The number of carboxylic acids is 1. The average molecular weight is 287 g/mol. The third kappa shape index (κ3) is 3.08. The van der Waals surface area contributed by atoms with Gasteiger partial charge in [0.05, 0.1) is 21.8 Å². The van der Waals surface area contributed by atoms with Crippen LogP contribution in [0, 0.1) is 11.3 Å². The number of anilines is 1. The molecule has 0 radical (unpaired) electrons. The molecule has 0 aliphatic rings. The van der Waals surface area contributed by atoms with E-state index in [9.17, 15) is 4.79 Å². The molecule has 0 saturated carbocycles. The fourth-order valence-corrected chi connectivity index (χ4v) is 2.01. The van der Waals surface area contributed by atoms with Gasteiger partial charge in [0.25, 0.3) is 0 Å². The molecular weight excluding hydrogens is 276 g/mol. The molecular formula is C15H11ClN2O2. The van der Waals surface area contributed by atoms with Crippen molar-refractivity contribution < 1.29 is 9.90 Å². The molecule has 0 unspecified atom stereocenters. The van der Waals surface area contributed by atoms with E-state index in [1.165, 1.54) is 6.07 Å². The minimum Gasteiger partial charge on any atom is -0.478 e. The van der Waals surface area contributed by atoms with E-state index in [4.69, 9.17) is 22.0 Å². The smallest absolute Gasteiger partial charge is 0.335 e. The molecule has 2 aromatic carbocycles. The van der Waals surface area contributed by atoms with E-state index in [0.717, 1.165) is 5.56 Å². The van der Waals surface area contributed by atoms with Crippen molar-refractivity contribution in [2.45, 2.75) is 6.54 Å². The van der Waals surface area contributed by atoms with Gasteiger partial charge in [-0.3, -0.25) is 0 Å². The quantitative estimate of drug-likeness (QED) is 0.902. The second-order valence-electron chi connectivity index (χ2n) is 4.13. The maximum Gasteiger partial charge on any atom is 0.335 e. The summed E-state index contributed by atoms with van der Waals surface area (Å²) < 4.78 is 0. The Hall–Kier alpha value is -2.51. The van der Waals surface area contributed by atoms with Gasteiger partial charge in [-0.1, -0.05) is 29.8 Å². The zero-order valence-electron chi connectivity index (χ0n) is 10.4. The van der Waals surface area contributed by atoms with Crippen LogP contribution in [0.4, 0.5) is 5.69 Å². The number of aromatic carboxylic acids is 1. The number of carboxylic acid groups (broad SMARTS) is 1. The predicted octanol–water partition coefficient (Wildman–Crippen LogP) is 3.52. The average Bonchev–Trinajstić information content (AvgIpc) is 2.45. The number of halogens is 1. The number of nitrogens with one attached hydrogen (secondary N) is 1. The van der Waals surface area contributed by atoms with E-state index in [1.807, 2.05) is 12.1 Å². The summed E-state index contributed by atoms with van der Waals surface area (Å²) >= 11 is 5.94. The van der Waals surface area contributed by atoms with Crippen LogP contribution in [0.2, 0.25) is 5.02 Å². The van der Waals surface area contributed by atoms with Crippen LogP contribution in [0.5, 0.6) is 0 Å². The number of benzene rings is 2. The lowest BCUT2D eigenvalue weighted by molar-refractivity contribution is 0.0697. The number of hydrogen-bond acceptors (Lipinski definition) is 3. The lowest BCUT2D eigenvalue weighted by Crippen LogP contribution is -2.03. The zero-order chi connectivity index (χ0) is 14.5. The Morgan fingerprint density at radius 3 is 2.75 bits per heavy atom. The molecule has 2 aromatic rings. The first kappa shape index (κ1) is 13.9. The van der Waals surface area contributed by atoms with Crippen molar-refractivity contribution in [1.82, 2.24) is 0 Å². The third-order valence-electron chi connectivity index (χ3n) is 2.78. The number of hydrogen-bond donors (Lipinski definition) is 2. The number of nitrogens with zero attached hydrogens (tertiary/aromatic N) is 1.